The molecular weight excluding hydrogens is 611 g/mol. The lowest BCUT2D eigenvalue weighted by Crippen LogP contribution is -1.96. The van der Waals surface area contributed by atoms with Gasteiger partial charge in [-0.15, -0.1) is 0 Å². The highest BCUT2D eigenvalue weighted by Gasteiger charge is 2.19. The number of fused-ring (bicyclic) bond motifs is 6. The maximum atomic E-state index is 6.49. The number of aromatic nitrogens is 3. The van der Waals surface area contributed by atoms with Gasteiger partial charge in [-0.2, -0.15) is 0 Å². The monoisotopic (exact) mass is 639 g/mol. The number of rotatable bonds is 5. The summed E-state index contributed by atoms with van der Waals surface area (Å²) in [7, 11) is 0. The van der Waals surface area contributed by atoms with Crippen LogP contribution in [0.25, 0.3) is 94.5 Å². The second kappa shape index (κ2) is 11.4. The zero-order valence-corrected chi connectivity index (χ0v) is 27.0. The van der Waals surface area contributed by atoms with Crippen molar-refractivity contribution in [1.29, 1.82) is 0 Å². The van der Waals surface area contributed by atoms with Gasteiger partial charge in [0.2, 0.25) is 0 Å². The van der Waals surface area contributed by atoms with Crippen LogP contribution in [0.5, 0.6) is 0 Å². The predicted molar refractivity (Wildman–Crippen MR) is 205 cm³/mol. The van der Waals surface area contributed by atoms with E-state index in [2.05, 4.69) is 156 Å². The average molecular weight is 640 g/mol. The molecule has 0 saturated carbocycles. The fourth-order valence-electron chi connectivity index (χ4n) is 7.26. The number of benzene rings is 7. The van der Waals surface area contributed by atoms with Gasteiger partial charge >= 0.3 is 0 Å². The van der Waals surface area contributed by atoms with E-state index >= 15 is 0 Å². The SMILES string of the molecule is c1ccc(-c2ccc(-c3nc(-c4ccccc4)cc(-c4ccc5oc6cccc(-n7c8ccccc8c8ccccc87)c6c5c4)n3)cc2)cc1. The lowest BCUT2D eigenvalue weighted by molar-refractivity contribution is 0.669. The molecule has 4 heteroatoms. The van der Waals surface area contributed by atoms with Gasteiger partial charge in [0.25, 0.3) is 0 Å². The Hall–Kier alpha value is -6.78. The van der Waals surface area contributed by atoms with Crippen LogP contribution in [0.2, 0.25) is 0 Å². The topological polar surface area (TPSA) is 43.9 Å². The summed E-state index contributed by atoms with van der Waals surface area (Å²) in [5.41, 5.74) is 12.2. The Labute approximate surface area is 288 Å². The summed E-state index contributed by atoms with van der Waals surface area (Å²) in [6.45, 7) is 0. The van der Waals surface area contributed by atoms with Gasteiger partial charge in [-0.1, -0.05) is 127 Å². The van der Waals surface area contributed by atoms with Gasteiger partial charge < -0.3 is 8.98 Å². The summed E-state index contributed by atoms with van der Waals surface area (Å²) in [4.78, 5) is 10.3. The minimum atomic E-state index is 0.684. The Morgan fingerprint density at radius 3 is 1.64 bits per heavy atom. The lowest BCUT2D eigenvalue weighted by Gasteiger charge is -2.11. The van der Waals surface area contributed by atoms with Gasteiger partial charge in [-0.25, -0.2) is 9.97 Å². The molecule has 0 aliphatic carbocycles. The minimum absolute atomic E-state index is 0.684. The molecule has 0 unspecified atom stereocenters. The molecule has 3 heterocycles. The quantitative estimate of drug-likeness (QED) is 0.188. The zero-order chi connectivity index (χ0) is 33.0. The molecule has 50 heavy (non-hydrogen) atoms. The smallest absolute Gasteiger partial charge is 0.160 e. The van der Waals surface area contributed by atoms with Crippen LogP contribution < -0.4 is 0 Å². The molecule has 0 aliphatic heterocycles. The van der Waals surface area contributed by atoms with E-state index in [9.17, 15) is 0 Å². The zero-order valence-electron chi connectivity index (χ0n) is 27.0. The van der Waals surface area contributed by atoms with Crippen LogP contribution in [0.3, 0.4) is 0 Å². The van der Waals surface area contributed by atoms with Crippen LogP contribution in [-0.2, 0) is 0 Å². The molecule has 4 nitrogen and oxygen atoms in total. The number of para-hydroxylation sites is 2. The molecule has 10 rings (SSSR count). The van der Waals surface area contributed by atoms with E-state index in [1.54, 1.807) is 0 Å². The van der Waals surface area contributed by atoms with Crippen molar-refractivity contribution in [3.63, 3.8) is 0 Å². The molecule has 10 aromatic rings. The van der Waals surface area contributed by atoms with Crippen molar-refractivity contribution in [3.8, 4) is 50.7 Å². The van der Waals surface area contributed by atoms with Crippen molar-refractivity contribution in [2.75, 3.05) is 0 Å². The van der Waals surface area contributed by atoms with E-state index in [-0.39, 0.29) is 0 Å². The van der Waals surface area contributed by atoms with Gasteiger partial charge in [0.05, 0.1) is 33.5 Å². The minimum Gasteiger partial charge on any atom is -0.456 e. The van der Waals surface area contributed by atoms with Gasteiger partial charge in [0.15, 0.2) is 5.82 Å². The number of furan rings is 1. The normalized spacial score (nSPS) is 11.6. The predicted octanol–water partition coefficient (Wildman–Crippen LogP) is 12.1. The third-order valence-corrected chi connectivity index (χ3v) is 9.64. The van der Waals surface area contributed by atoms with E-state index in [1.165, 1.54) is 16.3 Å². The largest absolute Gasteiger partial charge is 0.456 e. The van der Waals surface area contributed by atoms with Crippen molar-refractivity contribution in [2.45, 2.75) is 0 Å². The molecule has 0 N–H and O–H groups in total. The Bertz CT molecular complexity index is 2800. The van der Waals surface area contributed by atoms with E-state index < -0.39 is 0 Å². The van der Waals surface area contributed by atoms with Crippen molar-refractivity contribution < 1.29 is 4.42 Å². The van der Waals surface area contributed by atoms with Crippen LogP contribution in [0.1, 0.15) is 0 Å². The highest BCUT2D eigenvalue weighted by molar-refractivity contribution is 6.14. The van der Waals surface area contributed by atoms with Gasteiger partial charge in [0, 0.05) is 32.8 Å². The van der Waals surface area contributed by atoms with Crippen LogP contribution in [0.4, 0.5) is 0 Å². The standard InChI is InChI=1S/C46H29N3O/c1-3-12-30(13-4-1)31-22-24-33(25-23-31)46-47-38(32-14-5-2-6-15-32)29-39(48-46)34-26-27-43-37(28-34)45-42(20-11-21-44(45)50-43)49-40-18-9-7-16-35(40)36-17-8-10-19-41(36)49/h1-29H. The Kier molecular flexibility index (Phi) is 6.46. The first kappa shape index (κ1) is 28.3. The summed E-state index contributed by atoms with van der Waals surface area (Å²) in [5, 5.41) is 4.58. The maximum Gasteiger partial charge on any atom is 0.160 e. The summed E-state index contributed by atoms with van der Waals surface area (Å²) < 4.78 is 8.86. The van der Waals surface area contributed by atoms with E-state index in [4.69, 9.17) is 14.4 Å². The first-order valence-electron chi connectivity index (χ1n) is 16.8. The number of hydrogen-bond donors (Lipinski definition) is 0. The second-order valence-corrected chi connectivity index (χ2v) is 12.6. The summed E-state index contributed by atoms with van der Waals surface area (Å²) in [5.74, 6) is 0.684. The van der Waals surface area contributed by atoms with Crippen molar-refractivity contribution >= 4 is 43.7 Å². The lowest BCUT2D eigenvalue weighted by atomic mass is 10.0. The van der Waals surface area contributed by atoms with Crippen molar-refractivity contribution in [3.05, 3.63) is 176 Å². The molecule has 0 spiro atoms. The highest BCUT2D eigenvalue weighted by Crippen LogP contribution is 2.40. The third-order valence-electron chi connectivity index (χ3n) is 9.64. The van der Waals surface area contributed by atoms with Crippen LogP contribution in [0.15, 0.2) is 180 Å². The molecule has 0 bridgehead atoms. The highest BCUT2D eigenvalue weighted by atomic mass is 16.3. The Morgan fingerprint density at radius 2 is 0.940 bits per heavy atom. The number of hydrogen-bond acceptors (Lipinski definition) is 3. The van der Waals surface area contributed by atoms with Crippen molar-refractivity contribution in [1.82, 2.24) is 14.5 Å². The van der Waals surface area contributed by atoms with Crippen LogP contribution in [-0.4, -0.2) is 14.5 Å². The molecule has 0 amide bonds. The first-order chi connectivity index (χ1) is 24.8. The summed E-state index contributed by atoms with van der Waals surface area (Å²) in [6.07, 6.45) is 0. The third kappa shape index (κ3) is 4.61. The average Bonchev–Trinajstić information content (AvgIpc) is 3.74. The fourth-order valence-corrected chi connectivity index (χ4v) is 7.26. The van der Waals surface area contributed by atoms with Gasteiger partial charge in [0.1, 0.15) is 11.2 Å². The molecule has 0 aliphatic rings. The maximum absolute atomic E-state index is 6.49. The van der Waals surface area contributed by atoms with Gasteiger partial charge in [-0.3, -0.25) is 0 Å². The molecule has 7 aromatic carbocycles. The molecule has 0 atom stereocenters. The second-order valence-electron chi connectivity index (χ2n) is 12.6. The summed E-state index contributed by atoms with van der Waals surface area (Å²) in [6, 6.07) is 61.3. The van der Waals surface area contributed by atoms with E-state index in [0.717, 1.165) is 72.3 Å². The fraction of sp³-hybridized carbons (Fsp3) is 0. The van der Waals surface area contributed by atoms with Crippen molar-refractivity contribution in [2.24, 2.45) is 0 Å². The summed E-state index contributed by atoms with van der Waals surface area (Å²) >= 11 is 0. The van der Waals surface area contributed by atoms with E-state index in [1.807, 2.05) is 24.3 Å². The van der Waals surface area contributed by atoms with Crippen LogP contribution in [0, 0.1) is 0 Å². The molecule has 0 radical (unpaired) electrons. The molecule has 3 aromatic heterocycles. The molecule has 234 valence electrons. The first-order valence-corrected chi connectivity index (χ1v) is 16.8. The number of nitrogens with zero attached hydrogens (tertiary/aromatic N) is 3. The van der Waals surface area contributed by atoms with Gasteiger partial charge in [-0.05, 0) is 59.7 Å². The molecule has 0 saturated heterocycles. The van der Waals surface area contributed by atoms with Crippen LogP contribution >= 0.6 is 0 Å². The molecule has 0 fully saturated rings. The molecular formula is C46H29N3O. The Balaban J connectivity index is 1.17. The van der Waals surface area contributed by atoms with E-state index in [0.29, 0.717) is 5.82 Å². The Morgan fingerprint density at radius 1 is 0.380 bits per heavy atom.